The van der Waals surface area contributed by atoms with E-state index in [0.29, 0.717) is 13.2 Å². The average molecular weight is 763 g/mol. The number of ether oxygens (including phenoxy) is 2. The van der Waals surface area contributed by atoms with Gasteiger partial charge in [-0.05, 0) is 73.1 Å². The van der Waals surface area contributed by atoms with E-state index in [1.54, 1.807) is 6.08 Å². The molecule has 0 saturated carbocycles. The molecule has 2 rings (SSSR count). The molecule has 0 atom stereocenters. The molecule has 0 aliphatic heterocycles. The number of carbonyl (C=O) groups excluding carboxylic acids is 1. The Morgan fingerprint density at radius 3 is 1.31 bits per heavy atom. The molecule has 306 valence electrons. The number of hydrogen-bond donors (Lipinski definition) is 0. The second-order valence-electron chi connectivity index (χ2n) is 15.7. The first kappa shape index (κ1) is 48.0. The van der Waals surface area contributed by atoms with E-state index in [0.717, 1.165) is 47.6 Å². The zero-order valence-corrected chi connectivity index (χ0v) is 36.3. The lowest BCUT2D eigenvalue weighted by molar-refractivity contribution is 0.104. The molecule has 0 radical (unpaired) electrons. The minimum atomic E-state index is 0.0186. The van der Waals surface area contributed by atoms with Crippen molar-refractivity contribution in [1.82, 2.24) is 0 Å². The first-order valence-electron chi connectivity index (χ1n) is 23.0. The van der Waals surface area contributed by atoms with Crippen molar-refractivity contribution in [3.63, 3.8) is 0 Å². The van der Waals surface area contributed by atoms with Gasteiger partial charge in [-0.3, -0.25) is 4.79 Å². The number of unbranched alkanes of at least 4 members (excludes halogenated alkanes) is 26. The monoisotopic (exact) mass is 763 g/mol. The summed E-state index contributed by atoms with van der Waals surface area (Å²) in [5.74, 6) is 2.72. The van der Waals surface area contributed by atoms with Crippen molar-refractivity contribution in [2.45, 2.75) is 212 Å². The Hall–Kier alpha value is -2.20. The molecule has 3 nitrogen and oxygen atoms in total. The van der Waals surface area contributed by atoms with Gasteiger partial charge >= 0.3 is 0 Å². The van der Waals surface area contributed by atoms with Crippen LogP contribution in [0.4, 0.5) is 0 Å². The van der Waals surface area contributed by atoms with E-state index in [1.165, 1.54) is 172 Å². The standard InChI is InChI=1S/C50H82O3S/c1-4-7-9-11-13-15-17-19-21-23-25-27-29-31-41-52-49-40-34-45(33-39-48(51)46-35-37-47(38-36-46)54-43-6-3)44-50(49)53-42-32-30-28-26-24-22-20-18-16-14-12-10-8-5-2/h33-40,44H,4-32,41-43H2,1-3H3/b39-33+. The summed E-state index contributed by atoms with van der Waals surface area (Å²) in [6, 6.07) is 14.1. The van der Waals surface area contributed by atoms with Crippen molar-refractivity contribution >= 4 is 23.6 Å². The number of carbonyl (C=O) groups is 1. The number of ketones is 1. The summed E-state index contributed by atoms with van der Waals surface area (Å²) < 4.78 is 12.6. The van der Waals surface area contributed by atoms with Crippen LogP contribution in [0.3, 0.4) is 0 Å². The fourth-order valence-corrected chi connectivity index (χ4v) is 7.79. The molecule has 54 heavy (non-hydrogen) atoms. The summed E-state index contributed by atoms with van der Waals surface area (Å²) in [7, 11) is 0. The first-order valence-corrected chi connectivity index (χ1v) is 24.0. The summed E-state index contributed by atoms with van der Waals surface area (Å²) in [6.45, 7) is 8.18. The van der Waals surface area contributed by atoms with Gasteiger partial charge in [0.05, 0.1) is 13.2 Å². The second kappa shape index (κ2) is 35.2. The van der Waals surface area contributed by atoms with Crippen LogP contribution in [-0.2, 0) is 0 Å². The van der Waals surface area contributed by atoms with Crippen molar-refractivity contribution in [3.05, 3.63) is 59.7 Å². The van der Waals surface area contributed by atoms with Crippen LogP contribution in [0.25, 0.3) is 6.08 Å². The fourth-order valence-electron chi connectivity index (χ4n) is 7.02. The largest absolute Gasteiger partial charge is 0.490 e. The number of allylic oxidation sites excluding steroid dienone is 1. The quantitative estimate of drug-likeness (QED) is 0.0295. The molecule has 0 bridgehead atoms. The summed E-state index contributed by atoms with van der Waals surface area (Å²) in [5.41, 5.74) is 1.67. The van der Waals surface area contributed by atoms with Gasteiger partial charge in [-0.25, -0.2) is 0 Å². The predicted octanol–water partition coefficient (Wildman–Crippen LogP) is 16.8. The predicted molar refractivity (Wildman–Crippen MR) is 239 cm³/mol. The Labute approximate surface area is 338 Å². The number of thioether (sulfide) groups is 1. The third kappa shape index (κ3) is 25.8. The average Bonchev–Trinajstić information content (AvgIpc) is 3.19. The van der Waals surface area contributed by atoms with Crippen molar-refractivity contribution in [2.75, 3.05) is 19.0 Å². The van der Waals surface area contributed by atoms with Gasteiger partial charge in [-0.2, -0.15) is 0 Å². The van der Waals surface area contributed by atoms with Gasteiger partial charge in [0.25, 0.3) is 0 Å². The van der Waals surface area contributed by atoms with E-state index in [1.807, 2.05) is 48.2 Å². The summed E-state index contributed by atoms with van der Waals surface area (Å²) in [5, 5.41) is 0. The van der Waals surface area contributed by atoms with E-state index in [4.69, 9.17) is 9.47 Å². The molecular weight excluding hydrogens is 681 g/mol. The Kier molecular flexibility index (Phi) is 31.3. The van der Waals surface area contributed by atoms with Crippen molar-refractivity contribution in [3.8, 4) is 11.5 Å². The zero-order valence-electron chi connectivity index (χ0n) is 35.5. The summed E-state index contributed by atoms with van der Waals surface area (Å²) in [4.78, 5) is 14.2. The van der Waals surface area contributed by atoms with Crippen LogP contribution in [0.1, 0.15) is 223 Å². The Morgan fingerprint density at radius 2 is 0.889 bits per heavy atom. The highest BCUT2D eigenvalue weighted by Crippen LogP contribution is 2.30. The van der Waals surface area contributed by atoms with Crippen LogP contribution in [0.5, 0.6) is 11.5 Å². The van der Waals surface area contributed by atoms with Gasteiger partial charge in [-0.1, -0.05) is 200 Å². The molecule has 0 spiro atoms. The topological polar surface area (TPSA) is 35.5 Å². The number of rotatable bonds is 38. The van der Waals surface area contributed by atoms with E-state index >= 15 is 0 Å². The molecule has 2 aromatic rings. The van der Waals surface area contributed by atoms with E-state index in [2.05, 4.69) is 32.9 Å². The van der Waals surface area contributed by atoms with E-state index < -0.39 is 0 Å². The minimum absolute atomic E-state index is 0.0186. The van der Waals surface area contributed by atoms with E-state index in [-0.39, 0.29) is 5.78 Å². The van der Waals surface area contributed by atoms with Gasteiger partial charge in [0.1, 0.15) is 0 Å². The Balaban J connectivity index is 1.73. The van der Waals surface area contributed by atoms with Crippen molar-refractivity contribution in [2.24, 2.45) is 0 Å². The maximum atomic E-state index is 12.9. The molecule has 0 fully saturated rings. The van der Waals surface area contributed by atoms with Crippen LogP contribution in [0, 0.1) is 0 Å². The number of hydrogen-bond acceptors (Lipinski definition) is 4. The van der Waals surface area contributed by atoms with Crippen LogP contribution in [-0.4, -0.2) is 24.7 Å². The van der Waals surface area contributed by atoms with Crippen LogP contribution in [0.2, 0.25) is 0 Å². The van der Waals surface area contributed by atoms with Gasteiger partial charge in [0.2, 0.25) is 0 Å². The molecule has 0 saturated heterocycles. The zero-order chi connectivity index (χ0) is 38.6. The normalized spacial score (nSPS) is 11.5. The highest BCUT2D eigenvalue weighted by Gasteiger charge is 2.08. The second-order valence-corrected chi connectivity index (χ2v) is 16.8. The summed E-state index contributed by atoms with van der Waals surface area (Å²) in [6.07, 6.45) is 42.6. The lowest BCUT2D eigenvalue weighted by atomic mass is 10.0. The molecule has 0 aliphatic carbocycles. The molecule has 2 aromatic carbocycles. The third-order valence-corrected chi connectivity index (χ3v) is 11.7. The van der Waals surface area contributed by atoms with E-state index in [9.17, 15) is 4.79 Å². The molecule has 4 heteroatoms. The molecule has 0 amide bonds. The molecule has 0 aromatic heterocycles. The SMILES string of the molecule is CCCCCCCCCCCCCCCCOc1ccc(/C=C/C(=O)c2ccc(SCCC)cc2)cc1OCCCCCCCCCCCCCCCC. The fraction of sp³-hybridized carbons (Fsp3) is 0.700. The van der Waals surface area contributed by atoms with Crippen LogP contribution >= 0.6 is 11.8 Å². The van der Waals surface area contributed by atoms with Gasteiger partial charge in [0.15, 0.2) is 17.3 Å². The van der Waals surface area contributed by atoms with Crippen molar-refractivity contribution < 1.29 is 14.3 Å². The smallest absolute Gasteiger partial charge is 0.185 e. The lowest BCUT2D eigenvalue weighted by Crippen LogP contribution is -2.03. The minimum Gasteiger partial charge on any atom is -0.490 e. The highest BCUT2D eigenvalue weighted by atomic mass is 32.2. The molecule has 0 N–H and O–H groups in total. The van der Waals surface area contributed by atoms with Crippen molar-refractivity contribution in [1.29, 1.82) is 0 Å². The molecular formula is C50H82O3S. The highest BCUT2D eigenvalue weighted by molar-refractivity contribution is 7.99. The Bertz CT molecular complexity index is 1170. The third-order valence-electron chi connectivity index (χ3n) is 10.5. The molecule has 0 unspecified atom stereocenters. The van der Waals surface area contributed by atoms with Crippen LogP contribution in [0.15, 0.2) is 53.4 Å². The van der Waals surface area contributed by atoms with Gasteiger partial charge in [0, 0.05) is 10.5 Å². The van der Waals surface area contributed by atoms with Gasteiger partial charge in [-0.15, -0.1) is 11.8 Å². The molecule has 0 aliphatic rings. The lowest BCUT2D eigenvalue weighted by Gasteiger charge is -2.14. The summed E-state index contributed by atoms with van der Waals surface area (Å²) >= 11 is 1.83. The Morgan fingerprint density at radius 1 is 0.481 bits per heavy atom. The van der Waals surface area contributed by atoms with Gasteiger partial charge < -0.3 is 9.47 Å². The molecule has 0 heterocycles. The first-order chi connectivity index (χ1) is 26.7. The maximum absolute atomic E-state index is 12.9. The number of benzene rings is 2. The van der Waals surface area contributed by atoms with Crippen LogP contribution < -0.4 is 9.47 Å². The maximum Gasteiger partial charge on any atom is 0.185 e.